The Labute approximate surface area is 197 Å². The molecule has 0 spiro atoms. The van der Waals surface area contributed by atoms with Gasteiger partial charge in [-0.05, 0) is 104 Å². The van der Waals surface area contributed by atoms with Crippen LogP contribution in [0.5, 0.6) is 0 Å². The lowest BCUT2D eigenvalue weighted by Crippen LogP contribution is -2.57. The Morgan fingerprint density at radius 1 is 1.00 bits per heavy atom. The molecule has 4 fully saturated rings. The molecule has 1 N–H and O–H groups in total. The summed E-state index contributed by atoms with van der Waals surface area (Å²) in [4.78, 5) is 11.5. The van der Waals surface area contributed by atoms with Gasteiger partial charge in [-0.2, -0.15) is 0 Å². The van der Waals surface area contributed by atoms with Gasteiger partial charge < -0.3 is 9.84 Å². The van der Waals surface area contributed by atoms with Crippen LogP contribution in [0.25, 0.3) is 0 Å². The second-order valence-electron chi connectivity index (χ2n) is 13.3. The summed E-state index contributed by atoms with van der Waals surface area (Å²) in [7, 11) is 0. The standard InChI is InChI=1S/C29H50O3/c1-18(2)8-7-9-19(3)23-12-13-24-22-11-10-21-16-27(32-20(4)30)26(31)17-29(21,6)25(22)14-15-28(23,24)5/h18-19,21-27,31H,7-17H2,1-6H3. The second-order valence-corrected chi connectivity index (χ2v) is 13.3. The maximum atomic E-state index is 11.5. The molecule has 32 heavy (non-hydrogen) atoms. The number of rotatable bonds is 6. The van der Waals surface area contributed by atoms with Gasteiger partial charge in [0.1, 0.15) is 6.10 Å². The molecule has 0 heterocycles. The molecule has 10 atom stereocenters. The van der Waals surface area contributed by atoms with Gasteiger partial charge in [0, 0.05) is 6.92 Å². The molecular formula is C29H50O3. The van der Waals surface area contributed by atoms with Crippen molar-refractivity contribution in [2.75, 3.05) is 0 Å². The zero-order chi connectivity index (χ0) is 23.3. The maximum absolute atomic E-state index is 11.5. The molecule has 0 aliphatic heterocycles. The van der Waals surface area contributed by atoms with Crippen molar-refractivity contribution >= 4 is 5.97 Å². The largest absolute Gasteiger partial charge is 0.460 e. The molecule has 3 heteroatoms. The first-order chi connectivity index (χ1) is 15.1. The highest BCUT2D eigenvalue weighted by atomic mass is 16.6. The number of aliphatic hydroxyl groups is 1. The van der Waals surface area contributed by atoms with E-state index >= 15 is 0 Å². The molecule has 0 aromatic rings. The third-order valence-electron chi connectivity index (χ3n) is 11.2. The van der Waals surface area contributed by atoms with Crippen LogP contribution in [0.4, 0.5) is 0 Å². The monoisotopic (exact) mass is 446 g/mol. The van der Waals surface area contributed by atoms with E-state index in [4.69, 9.17) is 4.74 Å². The fraction of sp³-hybridized carbons (Fsp3) is 0.966. The fourth-order valence-corrected chi connectivity index (χ4v) is 9.62. The van der Waals surface area contributed by atoms with Crippen LogP contribution >= 0.6 is 0 Å². The first-order valence-corrected chi connectivity index (χ1v) is 13.9. The zero-order valence-corrected chi connectivity index (χ0v) is 21.7. The molecule has 4 aliphatic rings. The fourth-order valence-electron chi connectivity index (χ4n) is 9.62. The minimum atomic E-state index is -0.496. The van der Waals surface area contributed by atoms with E-state index in [0.717, 1.165) is 48.3 Å². The molecule has 3 nitrogen and oxygen atoms in total. The zero-order valence-electron chi connectivity index (χ0n) is 21.7. The number of fused-ring (bicyclic) bond motifs is 5. The Balaban J connectivity index is 1.46. The van der Waals surface area contributed by atoms with E-state index in [9.17, 15) is 9.90 Å². The van der Waals surface area contributed by atoms with Gasteiger partial charge in [0.25, 0.3) is 0 Å². The van der Waals surface area contributed by atoms with Crippen molar-refractivity contribution in [3.05, 3.63) is 0 Å². The van der Waals surface area contributed by atoms with Gasteiger partial charge in [-0.3, -0.25) is 4.79 Å². The minimum Gasteiger partial charge on any atom is -0.460 e. The van der Waals surface area contributed by atoms with Gasteiger partial charge in [0.15, 0.2) is 0 Å². The van der Waals surface area contributed by atoms with Crippen LogP contribution in [0.15, 0.2) is 0 Å². The average molecular weight is 447 g/mol. The number of esters is 1. The highest BCUT2D eigenvalue weighted by Crippen LogP contribution is 2.68. The van der Waals surface area contributed by atoms with Gasteiger partial charge in [-0.1, -0.05) is 53.9 Å². The topological polar surface area (TPSA) is 46.5 Å². The number of carbonyl (C=O) groups is 1. The van der Waals surface area contributed by atoms with Crippen LogP contribution in [0.2, 0.25) is 0 Å². The van der Waals surface area contributed by atoms with E-state index < -0.39 is 6.10 Å². The molecule has 4 rings (SSSR count). The van der Waals surface area contributed by atoms with Crippen molar-refractivity contribution in [2.45, 2.75) is 124 Å². The smallest absolute Gasteiger partial charge is 0.302 e. The SMILES string of the molecule is CC(=O)OC1CC2CCC3C(CCC4(C)C(C(C)CCCC(C)C)CCC34)C2(C)CC1O. The number of aliphatic hydroxyl groups excluding tert-OH is 1. The molecule has 0 bridgehead atoms. The van der Waals surface area contributed by atoms with Gasteiger partial charge in [0.05, 0.1) is 6.10 Å². The molecular weight excluding hydrogens is 396 g/mol. The molecule has 0 radical (unpaired) electrons. The van der Waals surface area contributed by atoms with Gasteiger partial charge >= 0.3 is 5.97 Å². The van der Waals surface area contributed by atoms with Crippen molar-refractivity contribution in [1.82, 2.24) is 0 Å². The lowest BCUT2D eigenvalue weighted by molar-refractivity contribution is -0.182. The van der Waals surface area contributed by atoms with Crippen LogP contribution in [0.1, 0.15) is 112 Å². The minimum absolute atomic E-state index is 0.210. The predicted octanol–water partition coefficient (Wildman–Crippen LogP) is 7.01. The molecule has 4 aliphatic carbocycles. The maximum Gasteiger partial charge on any atom is 0.302 e. The van der Waals surface area contributed by atoms with Crippen molar-refractivity contribution in [2.24, 2.45) is 52.3 Å². The van der Waals surface area contributed by atoms with E-state index in [1.165, 1.54) is 64.7 Å². The average Bonchev–Trinajstić information content (AvgIpc) is 3.05. The number of ether oxygens (including phenoxy) is 1. The first kappa shape index (κ1) is 24.6. The van der Waals surface area contributed by atoms with Crippen LogP contribution < -0.4 is 0 Å². The number of hydrogen-bond donors (Lipinski definition) is 1. The first-order valence-electron chi connectivity index (χ1n) is 13.9. The van der Waals surface area contributed by atoms with E-state index in [2.05, 4.69) is 34.6 Å². The van der Waals surface area contributed by atoms with Crippen molar-refractivity contribution in [1.29, 1.82) is 0 Å². The van der Waals surface area contributed by atoms with Crippen LogP contribution in [-0.4, -0.2) is 23.3 Å². The summed E-state index contributed by atoms with van der Waals surface area (Å²) in [6.07, 6.45) is 13.2. The van der Waals surface area contributed by atoms with Crippen molar-refractivity contribution < 1.29 is 14.6 Å². The summed E-state index contributed by atoms with van der Waals surface area (Å²) in [5.41, 5.74) is 0.733. The summed E-state index contributed by atoms with van der Waals surface area (Å²) in [5.74, 6) is 5.37. The Morgan fingerprint density at radius 2 is 1.72 bits per heavy atom. The molecule has 10 unspecified atom stereocenters. The Bertz CT molecular complexity index is 673. The second kappa shape index (κ2) is 9.23. The van der Waals surface area contributed by atoms with Crippen LogP contribution in [0.3, 0.4) is 0 Å². The Kier molecular flexibility index (Phi) is 7.08. The molecule has 0 aromatic carbocycles. The van der Waals surface area contributed by atoms with Crippen LogP contribution in [0, 0.1) is 52.3 Å². The molecule has 0 saturated heterocycles. The third kappa shape index (κ3) is 4.29. The lowest BCUT2D eigenvalue weighted by atomic mass is 9.44. The van der Waals surface area contributed by atoms with Gasteiger partial charge in [-0.25, -0.2) is 0 Å². The highest BCUT2D eigenvalue weighted by molar-refractivity contribution is 5.66. The summed E-state index contributed by atoms with van der Waals surface area (Å²) < 4.78 is 5.52. The highest BCUT2D eigenvalue weighted by Gasteiger charge is 2.61. The molecule has 0 aromatic heterocycles. The number of hydrogen-bond acceptors (Lipinski definition) is 3. The van der Waals surface area contributed by atoms with E-state index in [-0.39, 0.29) is 17.5 Å². The lowest BCUT2D eigenvalue weighted by Gasteiger charge is -2.61. The Morgan fingerprint density at radius 3 is 2.41 bits per heavy atom. The van der Waals surface area contributed by atoms with Crippen molar-refractivity contribution in [3.8, 4) is 0 Å². The van der Waals surface area contributed by atoms with E-state index in [1.54, 1.807) is 0 Å². The molecule has 4 saturated carbocycles. The molecule has 0 amide bonds. The van der Waals surface area contributed by atoms with E-state index in [0.29, 0.717) is 11.3 Å². The Hall–Kier alpha value is -0.570. The molecule has 184 valence electrons. The predicted molar refractivity (Wildman–Crippen MR) is 130 cm³/mol. The van der Waals surface area contributed by atoms with E-state index in [1.807, 2.05) is 0 Å². The third-order valence-corrected chi connectivity index (χ3v) is 11.2. The normalized spacial score (nSPS) is 46.8. The van der Waals surface area contributed by atoms with Crippen molar-refractivity contribution in [3.63, 3.8) is 0 Å². The summed E-state index contributed by atoms with van der Waals surface area (Å²) in [6, 6.07) is 0. The summed E-state index contributed by atoms with van der Waals surface area (Å²) in [5, 5.41) is 10.9. The van der Waals surface area contributed by atoms with Gasteiger partial charge in [-0.15, -0.1) is 0 Å². The summed E-state index contributed by atoms with van der Waals surface area (Å²) in [6.45, 7) is 13.9. The van der Waals surface area contributed by atoms with Gasteiger partial charge in [0.2, 0.25) is 0 Å². The number of carbonyl (C=O) groups excluding carboxylic acids is 1. The quantitative estimate of drug-likeness (QED) is 0.446. The summed E-state index contributed by atoms with van der Waals surface area (Å²) >= 11 is 0. The van der Waals surface area contributed by atoms with Crippen LogP contribution in [-0.2, 0) is 9.53 Å².